The quantitative estimate of drug-likeness (QED) is 0.802. The van der Waals surface area contributed by atoms with E-state index in [0.29, 0.717) is 4.99 Å². The number of rotatable bonds is 3. The number of carbonyl (C=O) groups excluding carboxylic acids is 1. The van der Waals surface area contributed by atoms with Crippen LogP contribution in [-0.4, -0.2) is 52.9 Å². The monoisotopic (exact) mass is 295 g/mol. The van der Waals surface area contributed by atoms with E-state index in [0.717, 1.165) is 51.5 Å². The van der Waals surface area contributed by atoms with Gasteiger partial charge in [0, 0.05) is 32.2 Å². The Morgan fingerprint density at radius 2 is 1.65 bits per heavy atom. The molecule has 2 saturated carbocycles. The summed E-state index contributed by atoms with van der Waals surface area (Å²) in [6.07, 6.45) is 8.19. The molecular formula is C15H25N3OS. The fourth-order valence-corrected chi connectivity index (χ4v) is 4.25. The molecule has 0 aromatic carbocycles. The lowest BCUT2D eigenvalue weighted by atomic mass is 9.67. The zero-order valence-electron chi connectivity index (χ0n) is 12.1. The van der Waals surface area contributed by atoms with E-state index in [1.807, 2.05) is 4.90 Å². The predicted octanol–water partition coefficient (Wildman–Crippen LogP) is 1.53. The van der Waals surface area contributed by atoms with Crippen LogP contribution in [0.4, 0.5) is 0 Å². The summed E-state index contributed by atoms with van der Waals surface area (Å²) >= 11 is 5.16. The minimum Gasteiger partial charge on any atom is -0.392 e. The van der Waals surface area contributed by atoms with Crippen LogP contribution in [0.1, 0.15) is 44.9 Å². The van der Waals surface area contributed by atoms with E-state index in [9.17, 15) is 4.79 Å². The summed E-state index contributed by atoms with van der Waals surface area (Å²) in [4.78, 5) is 17.7. The van der Waals surface area contributed by atoms with Crippen LogP contribution in [0.3, 0.4) is 0 Å². The smallest absolute Gasteiger partial charge is 0.235 e. The molecule has 0 aromatic heterocycles. The number of thiocarbonyl (C=S) groups is 1. The van der Waals surface area contributed by atoms with Gasteiger partial charge in [0.2, 0.25) is 5.91 Å². The lowest BCUT2D eigenvalue weighted by Gasteiger charge is -2.45. The van der Waals surface area contributed by atoms with Gasteiger partial charge < -0.3 is 10.6 Å². The highest BCUT2D eigenvalue weighted by atomic mass is 32.1. The molecule has 0 unspecified atom stereocenters. The van der Waals surface area contributed by atoms with Gasteiger partial charge in [0.05, 0.1) is 10.4 Å². The molecule has 4 nitrogen and oxygen atoms in total. The molecule has 112 valence electrons. The summed E-state index contributed by atoms with van der Waals surface area (Å²) in [5.41, 5.74) is 5.35. The summed E-state index contributed by atoms with van der Waals surface area (Å²) in [5.74, 6) is 0.197. The van der Waals surface area contributed by atoms with Crippen LogP contribution in [0, 0.1) is 5.41 Å². The van der Waals surface area contributed by atoms with E-state index >= 15 is 0 Å². The highest BCUT2D eigenvalue weighted by Gasteiger charge is 2.49. The predicted molar refractivity (Wildman–Crippen MR) is 83.5 cm³/mol. The van der Waals surface area contributed by atoms with Crippen LogP contribution in [0.2, 0.25) is 0 Å². The number of hydrogen-bond donors (Lipinski definition) is 1. The number of nitrogens with zero attached hydrogens (tertiary/aromatic N) is 2. The number of amides is 1. The number of piperazine rings is 1. The van der Waals surface area contributed by atoms with Crippen molar-refractivity contribution >= 4 is 23.1 Å². The molecule has 20 heavy (non-hydrogen) atoms. The first-order valence-electron chi connectivity index (χ1n) is 7.97. The first kappa shape index (κ1) is 14.3. The first-order chi connectivity index (χ1) is 9.63. The molecule has 1 heterocycles. The maximum Gasteiger partial charge on any atom is 0.235 e. The molecule has 3 fully saturated rings. The highest BCUT2D eigenvalue weighted by Crippen LogP contribution is 2.43. The van der Waals surface area contributed by atoms with E-state index < -0.39 is 5.41 Å². The molecule has 1 saturated heterocycles. The van der Waals surface area contributed by atoms with Crippen molar-refractivity contribution in [3.63, 3.8) is 0 Å². The second-order valence-electron chi connectivity index (χ2n) is 6.57. The molecule has 2 N–H and O–H groups in total. The Kier molecular flexibility index (Phi) is 4.00. The minimum atomic E-state index is -0.495. The molecule has 3 aliphatic rings. The Labute approximate surface area is 126 Å². The minimum absolute atomic E-state index is 0.197. The van der Waals surface area contributed by atoms with Crippen molar-refractivity contribution in [3.8, 4) is 0 Å². The topological polar surface area (TPSA) is 49.6 Å². The molecule has 0 spiro atoms. The Balaban J connectivity index is 1.57. The average Bonchev–Trinajstić information content (AvgIpc) is 2.91. The van der Waals surface area contributed by atoms with Gasteiger partial charge in [0.1, 0.15) is 0 Å². The van der Waals surface area contributed by atoms with Gasteiger partial charge in [0.25, 0.3) is 0 Å². The van der Waals surface area contributed by atoms with Crippen LogP contribution in [-0.2, 0) is 4.79 Å². The van der Waals surface area contributed by atoms with Crippen LogP contribution in [0.25, 0.3) is 0 Å². The number of hydrogen-bond acceptors (Lipinski definition) is 3. The van der Waals surface area contributed by atoms with Crippen molar-refractivity contribution in [2.45, 2.75) is 51.0 Å². The van der Waals surface area contributed by atoms with Crippen molar-refractivity contribution in [3.05, 3.63) is 0 Å². The largest absolute Gasteiger partial charge is 0.392 e. The van der Waals surface area contributed by atoms with E-state index in [1.165, 1.54) is 25.7 Å². The Morgan fingerprint density at radius 1 is 1.05 bits per heavy atom. The maximum absolute atomic E-state index is 12.7. The van der Waals surface area contributed by atoms with Gasteiger partial charge in [-0.25, -0.2) is 0 Å². The van der Waals surface area contributed by atoms with Gasteiger partial charge in [-0.15, -0.1) is 0 Å². The average molecular weight is 295 g/mol. The van der Waals surface area contributed by atoms with Gasteiger partial charge in [-0.2, -0.15) is 0 Å². The van der Waals surface area contributed by atoms with Crippen LogP contribution in [0.15, 0.2) is 0 Å². The maximum atomic E-state index is 12.7. The van der Waals surface area contributed by atoms with Crippen molar-refractivity contribution in [1.29, 1.82) is 0 Å². The fourth-order valence-electron chi connectivity index (χ4n) is 3.96. The second kappa shape index (κ2) is 5.60. The third-order valence-corrected chi connectivity index (χ3v) is 5.92. The molecule has 0 aromatic rings. The van der Waals surface area contributed by atoms with Crippen LogP contribution >= 0.6 is 12.2 Å². The summed E-state index contributed by atoms with van der Waals surface area (Å²) < 4.78 is 0. The van der Waals surface area contributed by atoms with Gasteiger partial charge in [-0.1, -0.05) is 31.5 Å². The Hall–Kier alpha value is -0.680. The zero-order valence-corrected chi connectivity index (χ0v) is 13.0. The van der Waals surface area contributed by atoms with Crippen molar-refractivity contribution in [2.24, 2.45) is 11.1 Å². The third kappa shape index (κ3) is 2.35. The van der Waals surface area contributed by atoms with Crippen molar-refractivity contribution in [2.75, 3.05) is 26.2 Å². The zero-order chi connectivity index (χ0) is 14.2. The number of carbonyl (C=O) groups is 1. The molecule has 0 atom stereocenters. The molecule has 2 aliphatic carbocycles. The first-order valence-corrected chi connectivity index (χ1v) is 8.38. The van der Waals surface area contributed by atoms with E-state index in [2.05, 4.69) is 4.90 Å². The standard InChI is InChI=1S/C15H25N3OS/c16-13(20)15(6-3-7-15)14(19)18-10-8-17(9-11-18)12-4-1-2-5-12/h12H,1-11H2,(H2,16,20). The molecule has 1 amide bonds. The molecule has 0 bridgehead atoms. The third-order valence-electron chi connectivity index (χ3n) is 5.53. The summed E-state index contributed by atoms with van der Waals surface area (Å²) in [6.45, 7) is 3.73. The molecule has 1 aliphatic heterocycles. The Bertz CT molecular complexity index is 394. The van der Waals surface area contributed by atoms with Crippen molar-refractivity contribution in [1.82, 2.24) is 9.80 Å². The van der Waals surface area contributed by atoms with Gasteiger partial charge in [-0.3, -0.25) is 9.69 Å². The lowest BCUT2D eigenvalue weighted by Crippen LogP contribution is -2.59. The van der Waals surface area contributed by atoms with Gasteiger partial charge >= 0.3 is 0 Å². The second-order valence-corrected chi connectivity index (χ2v) is 7.01. The van der Waals surface area contributed by atoms with E-state index in [-0.39, 0.29) is 5.91 Å². The fraction of sp³-hybridized carbons (Fsp3) is 0.867. The van der Waals surface area contributed by atoms with E-state index in [1.54, 1.807) is 0 Å². The Morgan fingerprint density at radius 3 is 2.10 bits per heavy atom. The molecule has 3 rings (SSSR count). The summed E-state index contributed by atoms with van der Waals surface area (Å²) in [5, 5.41) is 0. The van der Waals surface area contributed by atoms with Crippen molar-refractivity contribution < 1.29 is 4.79 Å². The molecular weight excluding hydrogens is 270 g/mol. The summed E-state index contributed by atoms with van der Waals surface area (Å²) in [6, 6.07) is 0.764. The van der Waals surface area contributed by atoms with Crippen LogP contribution < -0.4 is 5.73 Å². The lowest BCUT2D eigenvalue weighted by molar-refractivity contribution is -0.144. The normalized spacial score (nSPS) is 27.3. The van der Waals surface area contributed by atoms with Gasteiger partial charge in [-0.05, 0) is 25.7 Å². The summed E-state index contributed by atoms with van der Waals surface area (Å²) in [7, 11) is 0. The highest BCUT2D eigenvalue weighted by molar-refractivity contribution is 7.80. The van der Waals surface area contributed by atoms with Gasteiger partial charge in [0.15, 0.2) is 0 Å². The number of nitrogens with two attached hydrogens (primary N) is 1. The molecule has 0 radical (unpaired) electrons. The molecule has 5 heteroatoms. The van der Waals surface area contributed by atoms with E-state index in [4.69, 9.17) is 18.0 Å². The van der Waals surface area contributed by atoms with Crippen LogP contribution in [0.5, 0.6) is 0 Å². The SMILES string of the molecule is NC(=S)C1(C(=O)N2CCN(C3CCCC3)CC2)CCC1.